The molecule has 184 valence electrons. The van der Waals surface area contributed by atoms with Crippen LogP contribution in [0.25, 0.3) is 11.2 Å². The van der Waals surface area contributed by atoms with Gasteiger partial charge in [-0.25, -0.2) is 19.6 Å². The number of benzene rings is 2. The number of hydrogen-bond donors (Lipinski definition) is 1. The van der Waals surface area contributed by atoms with E-state index in [0.29, 0.717) is 26.0 Å². The fraction of sp³-hybridized carbons (Fsp3) is 0.269. The molecule has 0 radical (unpaired) electrons. The van der Waals surface area contributed by atoms with Crippen molar-refractivity contribution in [2.45, 2.75) is 18.9 Å². The number of ether oxygens (including phenoxy) is 2. The minimum atomic E-state index is -0.391. The van der Waals surface area contributed by atoms with Crippen molar-refractivity contribution in [1.82, 2.24) is 19.5 Å². The molecule has 0 aliphatic heterocycles. The summed E-state index contributed by atoms with van der Waals surface area (Å²) >= 11 is 2.09. The highest BCUT2D eigenvalue weighted by atomic mass is 127. The van der Waals surface area contributed by atoms with E-state index < -0.39 is 5.97 Å². The molecule has 1 saturated carbocycles. The van der Waals surface area contributed by atoms with Crippen LogP contribution in [0.15, 0.2) is 67.0 Å². The maximum Gasteiger partial charge on any atom is 0.338 e. The number of carbonyl (C=O) groups excluding carboxylic acids is 2. The highest BCUT2D eigenvalue weighted by Crippen LogP contribution is 2.42. The molecule has 2 aromatic carbocycles. The van der Waals surface area contributed by atoms with Crippen LogP contribution in [0.3, 0.4) is 0 Å². The Kier molecular flexibility index (Phi) is 7.12. The number of nitrogens with two attached hydrogens (primary N) is 1. The summed E-state index contributed by atoms with van der Waals surface area (Å²) in [6.07, 6.45) is 3.31. The zero-order valence-corrected chi connectivity index (χ0v) is 21.4. The third-order valence-corrected chi connectivity index (χ3v) is 7.29. The van der Waals surface area contributed by atoms with Gasteiger partial charge in [0.2, 0.25) is 5.95 Å². The number of carbonyl (C=O) groups is 2. The van der Waals surface area contributed by atoms with Crippen LogP contribution in [0, 0.1) is 15.5 Å². The van der Waals surface area contributed by atoms with Gasteiger partial charge in [-0.15, -0.1) is 0 Å². The van der Waals surface area contributed by atoms with Gasteiger partial charge in [0.1, 0.15) is 9.22 Å². The number of aromatic nitrogens is 4. The van der Waals surface area contributed by atoms with Crippen molar-refractivity contribution in [3.05, 3.63) is 81.8 Å². The quantitative estimate of drug-likeness (QED) is 0.190. The lowest BCUT2D eigenvalue weighted by Gasteiger charge is -2.25. The summed E-state index contributed by atoms with van der Waals surface area (Å²) in [5.74, 6) is -0.721. The van der Waals surface area contributed by atoms with Crippen LogP contribution in [0.1, 0.15) is 39.6 Å². The minimum Gasteiger partial charge on any atom is -0.462 e. The molecule has 0 bridgehead atoms. The molecule has 1 fully saturated rings. The van der Waals surface area contributed by atoms with Crippen molar-refractivity contribution < 1.29 is 19.1 Å². The Hall–Kier alpha value is -3.54. The topological polar surface area (TPSA) is 122 Å². The molecular formula is C26H24IN5O4. The Balaban J connectivity index is 1.38. The Morgan fingerprint density at radius 1 is 0.917 bits per heavy atom. The molecule has 36 heavy (non-hydrogen) atoms. The Morgan fingerprint density at radius 3 is 2.17 bits per heavy atom. The van der Waals surface area contributed by atoms with E-state index in [1.807, 2.05) is 16.7 Å². The van der Waals surface area contributed by atoms with Crippen LogP contribution in [-0.2, 0) is 9.47 Å². The summed E-state index contributed by atoms with van der Waals surface area (Å²) in [6.45, 7) is 0.391. The van der Waals surface area contributed by atoms with Gasteiger partial charge in [0, 0.05) is 17.9 Å². The number of imidazole rings is 1. The highest BCUT2D eigenvalue weighted by Gasteiger charge is 2.40. The van der Waals surface area contributed by atoms with E-state index >= 15 is 0 Å². The number of esters is 2. The largest absolute Gasteiger partial charge is 0.462 e. The smallest absolute Gasteiger partial charge is 0.338 e. The van der Waals surface area contributed by atoms with Crippen LogP contribution < -0.4 is 5.73 Å². The summed E-state index contributed by atoms with van der Waals surface area (Å²) in [5, 5.41) is 0. The number of rotatable bonds is 7. The first-order valence-electron chi connectivity index (χ1n) is 11.6. The Labute approximate surface area is 221 Å². The van der Waals surface area contributed by atoms with Crippen molar-refractivity contribution in [3.63, 3.8) is 0 Å². The van der Waals surface area contributed by atoms with Crippen LogP contribution in [0.2, 0.25) is 0 Å². The molecule has 1 aliphatic carbocycles. The van der Waals surface area contributed by atoms with E-state index in [4.69, 9.17) is 15.2 Å². The van der Waals surface area contributed by atoms with Gasteiger partial charge in [0.15, 0.2) is 5.65 Å². The lowest BCUT2D eigenvalue weighted by Crippen LogP contribution is -2.28. The molecule has 2 N–H and O–H groups in total. The van der Waals surface area contributed by atoms with Crippen LogP contribution in [0.4, 0.5) is 5.95 Å². The SMILES string of the molecule is Nc1nc(I)c2ncn(C3CCC(COC(=O)c4ccccc4)C3COC(=O)c3ccccc3)c2n1. The Morgan fingerprint density at radius 2 is 1.53 bits per heavy atom. The standard InChI is InChI=1S/C26H24IN5O4/c27-22-21-23(31-26(28)30-22)32(15-29-21)20-12-11-18(13-35-24(33)16-7-3-1-4-8-16)19(20)14-36-25(34)17-9-5-2-6-10-17/h1-10,15,18-20H,11-14H2,(H2,28,30,31). The van der Waals surface area contributed by atoms with E-state index in [0.717, 1.165) is 12.8 Å². The van der Waals surface area contributed by atoms with Gasteiger partial charge in [0.25, 0.3) is 0 Å². The fourth-order valence-electron chi connectivity index (χ4n) is 4.74. The van der Waals surface area contributed by atoms with Crippen LogP contribution >= 0.6 is 22.6 Å². The van der Waals surface area contributed by atoms with Gasteiger partial charge in [-0.05, 0) is 59.7 Å². The number of halogens is 1. The lowest BCUT2D eigenvalue weighted by molar-refractivity contribution is 0.0229. The number of fused-ring (bicyclic) bond motifs is 1. The average Bonchev–Trinajstić information content (AvgIpc) is 3.50. The Bertz CT molecular complexity index is 1380. The second kappa shape index (κ2) is 10.6. The first-order chi connectivity index (χ1) is 17.5. The van der Waals surface area contributed by atoms with Gasteiger partial charge in [0.05, 0.1) is 30.7 Å². The zero-order valence-electron chi connectivity index (χ0n) is 19.3. The van der Waals surface area contributed by atoms with E-state index in [1.54, 1.807) is 54.9 Å². The summed E-state index contributed by atoms with van der Waals surface area (Å²) in [6, 6.07) is 17.7. The molecule has 3 unspecified atom stereocenters. The maximum atomic E-state index is 12.7. The summed E-state index contributed by atoms with van der Waals surface area (Å²) in [5.41, 5.74) is 8.21. The first kappa shape index (κ1) is 24.2. The van der Waals surface area contributed by atoms with Crippen molar-refractivity contribution in [2.75, 3.05) is 18.9 Å². The highest BCUT2D eigenvalue weighted by molar-refractivity contribution is 14.1. The molecule has 0 saturated heterocycles. The molecule has 0 amide bonds. The van der Waals surface area contributed by atoms with Crippen LogP contribution in [-0.4, -0.2) is 44.7 Å². The molecule has 4 aromatic rings. The second-order valence-electron chi connectivity index (χ2n) is 8.69. The van der Waals surface area contributed by atoms with Crippen molar-refractivity contribution in [2.24, 2.45) is 11.8 Å². The molecule has 10 heteroatoms. The molecule has 9 nitrogen and oxygen atoms in total. The predicted molar refractivity (Wildman–Crippen MR) is 141 cm³/mol. The fourth-order valence-corrected chi connectivity index (χ4v) is 5.36. The summed E-state index contributed by atoms with van der Waals surface area (Å²) < 4.78 is 14.1. The van der Waals surface area contributed by atoms with Crippen molar-refractivity contribution in [3.8, 4) is 0 Å². The third-order valence-electron chi connectivity index (χ3n) is 6.54. The number of hydrogen-bond acceptors (Lipinski definition) is 8. The molecule has 5 rings (SSSR count). The van der Waals surface area contributed by atoms with Gasteiger partial charge in [-0.2, -0.15) is 4.98 Å². The monoisotopic (exact) mass is 597 g/mol. The first-order valence-corrected chi connectivity index (χ1v) is 12.7. The normalized spacial score (nSPS) is 19.3. The molecule has 2 heterocycles. The maximum absolute atomic E-state index is 12.7. The number of nitrogens with zero attached hydrogens (tertiary/aromatic N) is 4. The molecule has 3 atom stereocenters. The number of nitrogen functional groups attached to an aromatic ring is 1. The molecule has 2 aromatic heterocycles. The van der Waals surface area contributed by atoms with Gasteiger partial charge < -0.3 is 19.8 Å². The number of anilines is 1. The third kappa shape index (κ3) is 5.03. The lowest BCUT2D eigenvalue weighted by atomic mass is 9.94. The van der Waals surface area contributed by atoms with Crippen LogP contribution in [0.5, 0.6) is 0 Å². The van der Waals surface area contributed by atoms with Crippen molar-refractivity contribution >= 4 is 51.6 Å². The molecule has 1 aliphatic rings. The average molecular weight is 597 g/mol. The zero-order chi connectivity index (χ0) is 25.1. The molecule has 0 spiro atoms. The van der Waals surface area contributed by atoms with E-state index in [9.17, 15) is 9.59 Å². The van der Waals surface area contributed by atoms with Gasteiger partial charge in [-0.3, -0.25) is 0 Å². The molecular weight excluding hydrogens is 573 g/mol. The van der Waals surface area contributed by atoms with Gasteiger partial charge in [-0.1, -0.05) is 36.4 Å². The van der Waals surface area contributed by atoms with E-state index in [1.165, 1.54) is 0 Å². The predicted octanol–water partition coefficient (Wildman–Crippen LogP) is 4.29. The minimum absolute atomic E-state index is 0.0121. The van der Waals surface area contributed by atoms with E-state index in [-0.39, 0.29) is 43.0 Å². The van der Waals surface area contributed by atoms with E-state index in [2.05, 4.69) is 37.5 Å². The summed E-state index contributed by atoms with van der Waals surface area (Å²) in [7, 11) is 0. The van der Waals surface area contributed by atoms with Crippen molar-refractivity contribution in [1.29, 1.82) is 0 Å². The summed E-state index contributed by atoms with van der Waals surface area (Å²) in [4.78, 5) is 38.4. The second-order valence-corrected chi connectivity index (χ2v) is 9.72. The van der Waals surface area contributed by atoms with Gasteiger partial charge >= 0.3 is 11.9 Å².